The summed E-state index contributed by atoms with van der Waals surface area (Å²) in [7, 11) is 2.92. The van der Waals surface area contributed by atoms with Gasteiger partial charge in [-0.3, -0.25) is 9.59 Å². The first-order valence-electron chi connectivity index (χ1n) is 13.5. The van der Waals surface area contributed by atoms with Crippen molar-refractivity contribution in [2.24, 2.45) is 0 Å². The molecule has 32 heavy (non-hydrogen) atoms. The van der Waals surface area contributed by atoms with Gasteiger partial charge in [-0.25, -0.2) is 0 Å². The number of hydrogen-bond acceptors (Lipinski definition) is 4. The first-order chi connectivity index (χ1) is 15.7. The second kappa shape index (κ2) is 25.9. The lowest BCUT2D eigenvalue weighted by Gasteiger charge is -2.02. The van der Waals surface area contributed by atoms with E-state index in [2.05, 4.69) is 21.6 Å². The predicted octanol–water partition coefficient (Wildman–Crippen LogP) is 8.47. The minimum atomic E-state index is -0.0768. The number of carbonyl (C=O) groups is 2. The number of hydrogen-bond donors (Lipinski definition) is 0. The van der Waals surface area contributed by atoms with Crippen LogP contribution in [0.5, 0.6) is 0 Å². The molecule has 0 radical (unpaired) electrons. The highest BCUT2D eigenvalue weighted by Gasteiger charge is 2.00. The van der Waals surface area contributed by atoms with Crippen LogP contribution in [0.1, 0.15) is 141 Å². The van der Waals surface area contributed by atoms with E-state index >= 15 is 0 Å². The lowest BCUT2D eigenvalue weighted by Crippen LogP contribution is -1.99. The van der Waals surface area contributed by atoms with Gasteiger partial charge in [0.1, 0.15) is 0 Å². The van der Waals surface area contributed by atoms with Crippen molar-refractivity contribution in [3.05, 3.63) is 12.2 Å². The number of ether oxygens (including phenoxy) is 2. The third-order valence-electron chi connectivity index (χ3n) is 6.13. The zero-order valence-electron chi connectivity index (χ0n) is 21.3. The summed E-state index contributed by atoms with van der Waals surface area (Å²) >= 11 is 0. The van der Waals surface area contributed by atoms with Gasteiger partial charge in [-0.15, -0.1) is 0 Å². The molecule has 0 N–H and O–H groups in total. The van der Waals surface area contributed by atoms with E-state index in [0.29, 0.717) is 12.8 Å². The Morgan fingerprint density at radius 1 is 0.438 bits per heavy atom. The number of methoxy groups -OCH3 is 2. The van der Waals surface area contributed by atoms with Gasteiger partial charge in [0.25, 0.3) is 0 Å². The van der Waals surface area contributed by atoms with Crippen LogP contribution in [0.3, 0.4) is 0 Å². The van der Waals surface area contributed by atoms with Crippen LogP contribution in [-0.2, 0) is 19.1 Å². The van der Waals surface area contributed by atoms with Gasteiger partial charge in [0, 0.05) is 12.8 Å². The van der Waals surface area contributed by atoms with Gasteiger partial charge in [0.05, 0.1) is 14.2 Å². The first-order valence-corrected chi connectivity index (χ1v) is 13.5. The fraction of sp³-hybridized carbons (Fsp3) is 0.857. The number of rotatable bonds is 24. The molecule has 0 unspecified atom stereocenters. The predicted molar refractivity (Wildman–Crippen MR) is 135 cm³/mol. The van der Waals surface area contributed by atoms with Crippen molar-refractivity contribution in [3.8, 4) is 0 Å². The highest BCUT2D eigenvalue weighted by atomic mass is 16.5. The van der Waals surface area contributed by atoms with E-state index in [1.165, 1.54) is 117 Å². The average molecular weight is 453 g/mol. The Hall–Kier alpha value is -1.32. The third-order valence-corrected chi connectivity index (χ3v) is 6.13. The molecule has 0 saturated heterocycles. The molecule has 4 nitrogen and oxygen atoms in total. The maximum absolute atomic E-state index is 11.0. The molecule has 0 amide bonds. The van der Waals surface area contributed by atoms with Crippen LogP contribution < -0.4 is 0 Å². The summed E-state index contributed by atoms with van der Waals surface area (Å²) in [5, 5.41) is 0. The number of unbranched alkanes of at least 4 members (excludes halogenated alkanes) is 18. The fourth-order valence-electron chi connectivity index (χ4n) is 3.98. The summed E-state index contributed by atoms with van der Waals surface area (Å²) in [4.78, 5) is 22.0. The number of allylic oxidation sites excluding steroid dienone is 2. The van der Waals surface area contributed by atoms with E-state index in [-0.39, 0.29) is 11.9 Å². The molecule has 0 fully saturated rings. The largest absolute Gasteiger partial charge is 0.469 e. The first kappa shape index (κ1) is 30.7. The molecule has 0 aromatic heterocycles. The van der Waals surface area contributed by atoms with Gasteiger partial charge >= 0.3 is 11.9 Å². The third kappa shape index (κ3) is 24.9. The number of carbonyl (C=O) groups excluding carboxylic acids is 2. The zero-order valence-corrected chi connectivity index (χ0v) is 21.3. The van der Waals surface area contributed by atoms with E-state index in [1.54, 1.807) is 0 Å². The monoisotopic (exact) mass is 452 g/mol. The average Bonchev–Trinajstić information content (AvgIpc) is 2.81. The Balaban J connectivity index is 3.13. The Labute approximate surface area is 198 Å². The Bertz CT molecular complexity index is 405. The maximum atomic E-state index is 11.0. The van der Waals surface area contributed by atoms with Gasteiger partial charge in [0.15, 0.2) is 0 Å². The molecule has 188 valence electrons. The summed E-state index contributed by atoms with van der Waals surface area (Å²) in [6, 6.07) is 0. The summed E-state index contributed by atoms with van der Waals surface area (Å²) < 4.78 is 9.31. The molecular weight excluding hydrogens is 400 g/mol. The van der Waals surface area contributed by atoms with Gasteiger partial charge in [-0.05, 0) is 38.5 Å². The zero-order chi connectivity index (χ0) is 23.5. The van der Waals surface area contributed by atoms with Crippen LogP contribution in [0.25, 0.3) is 0 Å². The molecule has 0 aliphatic rings. The SMILES string of the molecule is COC(=O)CCCCCCCCCCC/C=C/CCCCCCCCCCCC(=O)OC. The summed E-state index contributed by atoms with van der Waals surface area (Å²) in [6.07, 6.45) is 31.2. The van der Waals surface area contributed by atoms with E-state index in [1.807, 2.05) is 0 Å². The molecule has 0 bridgehead atoms. The van der Waals surface area contributed by atoms with Gasteiger partial charge < -0.3 is 9.47 Å². The second-order valence-electron chi connectivity index (χ2n) is 9.06. The molecule has 0 heterocycles. The molecule has 0 aliphatic heterocycles. The Morgan fingerprint density at radius 2 is 0.688 bits per heavy atom. The lowest BCUT2D eigenvalue weighted by molar-refractivity contribution is -0.141. The van der Waals surface area contributed by atoms with Crippen molar-refractivity contribution in [2.75, 3.05) is 14.2 Å². The summed E-state index contributed by atoms with van der Waals surface area (Å²) in [5.41, 5.74) is 0. The van der Waals surface area contributed by atoms with E-state index in [0.717, 1.165) is 25.7 Å². The van der Waals surface area contributed by atoms with E-state index < -0.39 is 0 Å². The van der Waals surface area contributed by atoms with Crippen molar-refractivity contribution in [2.45, 2.75) is 141 Å². The van der Waals surface area contributed by atoms with Crippen LogP contribution >= 0.6 is 0 Å². The Morgan fingerprint density at radius 3 is 0.969 bits per heavy atom. The summed E-state index contributed by atoms with van der Waals surface area (Å²) in [5.74, 6) is -0.154. The van der Waals surface area contributed by atoms with E-state index in [4.69, 9.17) is 0 Å². The maximum Gasteiger partial charge on any atom is 0.305 e. The molecular formula is C28H52O4. The molecule has 0 aromatic rings. The van der Waals surface area contributed by atoms with E-state index in [9.17, 15) is 9.59 Å². The highest BCUT2D eigenvalue weighted by Crippen LogP contribution is 2.13. The minimum Gasteiger partial charge on any atom is -0.469 e. The topological polar surface area (TPSA) is 52.6 Å². The lowest BCUT2D eigenvalue weighted by atomic mass is 10.0. The second-order valence-corrected chi connectivity index (χ2v) is 9.06. The molecule has 4 heteroatoms. The highest BCUT2D eigenvalue weighted by molar-refractivity contribution is 5.69. The van der Waals surface area contributed by atoms with Crippen LogP contribution in [0, 0.1) is 0 Å². The van der Waals surface area contributed by atoms with Crippen molar-refractivity contribution < 1.29 is 19.1 Å². The molecule has 0 aliphatic carbocycles. The smallest absolute Gasteiger partial charge is 0.305 e. The standard InChI is InChI=1S/C28H52O4/c1-31-27(29)25-23-21-19-17-15-13-11-9-7-5-3-4-6-8-10-12-14-16-18-20-22-24-26-28(30)32-2/h3-4H,5-26H2,1-2H3/b4-3+. The normalized spacial score (nSPS) is 11.2. The molecule has 0 atom stereocenters. The van der Waals surface area contributed by atoms with Crippen molar-refractivity contribution >= 4 is 11.9 Å². The van der Waals surface area contributed by atoms with Crippen molar-refractivity contribution in [1.29, 1.82) is 0 Å². The van der Waals surface area contributed by atoms with Gasteiger partial charge in [0.2, 0.25) is 0 Å². The van der Waals surface area contributed by atoms with Crippen LogP contribution in [-0.4, -0.2) is 26.2 Å². The number of esters is 2. The minimum absolute atomic E-state index is 0.0768. The molecule has 0 aromatic carbocycles. The quantitative estimate of drug-likeness (QED) is 0.0837. The van der Waals surface area contributed by atoms with Crippen LogP contribution in [0.15, 0.2) is 12.2 Å². The van der Waals surface area contributed by atoms with Gasteiger partial charge in [-0.1, -0.05) is 102 Å². The van der Waals surface area contributed by atoms with Crippen LogP contribution in [0.4, 0.5) is 0 Å². The van der Waals surface area contributed by atoms with Crippen molar-refractivity contribution in [3.63, 3.8) is 0 Å². The van der Waals surface area contributed by atoms with Crippen LogP contribution in [0.2, 0.25) is 0 Å². The molecule has 0 rings (SSSR count). The van der Waals surface area contributed by atoms with Crippen molar-refractivity contribution in [1.82, 2.24) is 0 Å². The molecule has 0 spiro atoms. The Kier molecular flexibility index (Phi) is 24.9. The summed E-state index contributed by atoms with van der Waals surface area (Å²) in [6.45, 7) is 0. The fourth-order valence-corrected chi connectivity index (χ4v) is 3.98. The molecule has 0 saturated carbocycles. The van der Waals surface area contributed by atoms with Gasteiger partial charge in [-0.2, -0.15) is 0 Å².